The van der Waals surface area contributed by atoms with Crippen molar-refractivity contribution in [3.05, 3.63) is 63.8 Å². The second kappa shape index (κ2) is 13.9. The highest BCUT2D eigenvalue weighted by atomic mass is 32.2. The van der Waals surface area contributed by atoms with Crippen molar-refractivity contribution in [3.63, 3.8) is 0 Å². The van der Waals surface area contributed by atoms with Gasteiger partial charge in [-0.1, -0.05) is 12.1 Å². The van der Waals surface area contributed by atoms with Gasteiger partial charge in [0.2, 0.25) is 11.8 Å². The fourth-order valence-corrected chi connectivity index (χ4v) is 3.66. The Labute approximate surface area is 214 Å². The van der Waals surface area contributed by atoms with Crippen molar-refractivity contribution in [2.45, 2.75) is 38.6 Å². The fraction of sp³-hybridized carbons (Fsp3) is 0.391. The van der Waals surface area contributed by atoms with Crippen molar-refractivity contribution >= 4 is 39.4 Å². The molecule has 0 fully saturated rings. The first kappa shape index (κ1) is 29.2. The number of nitro benzene ring substituents is 1. The minimum absolute atomic E-state index is 0.186. The molecule has 14 heteroatoms. The van der Waals surface area contributed by atoms with Crippen LogP contribution in [0.3, 0.4) is 0 Å². The van der Waals surface area contributed by atoms with Crippen LogP contribution in [-0.4, -0.2) is 55.5 Å². The zero-order valence-corrected chi connectivity index (χ0v) is 21.2. The number of hydrogen-bond donors (Lipinski definition) is 3. The fourth-order valence-electron chi connectivity index (χ4n) is 3.25. The van der Waals surface area contributed by atoms with Gasteiger partial charge in [0.1, 0.15) is 5.82 Å². The second-order valence-corrected chi connectivity index (χ2v) is 9.79. The summed E-state index contributed by atoms with van der Waals surface area (Å²) in [4.78, 5) is 51.2. The maximum atomic E-state index is 12.4. The van der Waals surface area contributed by atoms with Gasteiger partial charge in [0.25, 0.3) is 5.69 Å². The predicted molar refractivity (Wildman–Crippen MR) is 134 cm³/mol. The van der Waals surface area contributed by atoms with Crippen LogP contribution in [0.15, 0.2) is 42.6 Å². The van der Waals surface area contributed by atoms with Crippen LogP contribution in [0.25, 0.3) is 0 Å². The van der Waals surface area contributed by atoms with Gasteiger partial charge in [-0.3, -0.25) is 24.5 Å². The minimum atomic E-state index is -4.09. The number of carbonyl (C=O) groups is 3. The molecule has 1 atom stereocenters. The second-order valence-electron chi connectivity index (χ2n) is 8.21. The number of nitro groups is 1. The Kier molecular flexibility index (Phi) is 10.9. The zero-order chi connectivity index (χ0) is 27.4. The van der Waals surface area contributed by atoms with Crippen LogP contribution in [0.1, 0.15) is 42.9 Å². The summed E-state index contributed by atoms with van der Waals surface area (Å²) in [5.41, 5.74) is 0.985. The van der Waals surface area contributed by atoms with Crippen LogP contribution in [0.4, 0.5) is 11.5 Å². The number of aromatic nitrogens is 1. The third-order valence-electron chi connectivity index (χ3n) is 4.93. The largest absolute Gasteiger partial charge is 0.370 e. The van der Waals surface area contributed by atoms with Crippen molar-refractivity contribution in [1.29, 1.82) is 0 Å². The maximum absolute atomic E-state index is 12.4. The summed E-state index contributed by atoms with van der Waals surface area (Å²) in [6.45, 7) is 2.18. The maximum Gasteiger partial charge on any atom is 0.324 e. The van der Waals surface area contributed by atoms with E-state index in [9.17, 15) is 32.9 Å². The third kappa shape index (κ3) is 11.5. The number of benzene rings is 1. The average molecular weight is 536 g/mol. The van der Waals surface area contributed by atoms with Crippen LogP contribution >= 0.6 is 0 Å². The SMILES string of the molecule is Cc1ccnc(NCCCCC(=O)NCC(=O)NC(CC(=O)OS(C)(=O)=O)c2cccc([N+](=O)[O-])c2)c1. The molecule has 3 N–H and O–H groups in total. The minimum Gasteiger partial charge on any atom is -0.370 e. The van der Waals surface area contributed by atoms with E-state index in [1.165, 1.54) is 18.2 Å². The Morgan fingerprint density at radius 3 is 2.57 bits per heavy atom. The molecule has 200 valence electrons. The van der Waals surface area contributed by atoms with E-state index in [1.54, 1.807) is 6.20 Å². The topological polar surface area (TPSA) is 187 Å². The Balaban J connectivity index is 1.85. The number of nitrogens with zero attached hydrogens (tertiary/aromatic N) is 2. The molecule has 1 aromatic carbocycles. The van der Waals surface area contributed by atoms with Crippen molar-refractivity contribution in [3.8, 4) is 0 Å². The lowest BCUT2D eigenvalue weighted by molar-refractivity contribution is -0.384. The number of nitrogens with one attached hydrogen (secondary N) is 3. The van der Waals surface area contributed by atoms with Crippen LogP contribution in [0.5, 0.6) is 0 Å². The molecule has 1 heterocycles. The van der Waals surface area contributed by atoms with Crippen LogP contribution in [0, 0.1) is 17.0 Å². The van der Waals surface area contributed by atoms with Crippen molar-refractivity contribution in [2.24, 2.45) is 0 Å². The van der Waals surface area contributed by atoms with E-state index < -0.39 is 45.9 Å². The zero-order valence-electron chi connectivity index (χ0n) is 20.4. The molecule has 0 radical (unpaired) electrons. The first-order chi connectivity index (χ1) is 17.4. The number of pyridine rings is 1. The number of carbonyl (C=O) groups excluding carboxylic acids is 3. The summed E-state index contributed by atoms with van der Waals surface area (Å²) in [7, 11) is -4.09. The lowest BCUT2D eigenvalue weighted by Gasteiger charge is -2.18. The Morgan fingerprint density at radius 2 is 1.89 bits per heavy atom. The molecular formula is C23H29N5O8S. The van der Waals surface area contributed by atoms with E-state index in [0.29, 0.717) is 25.6 Å². The summed E-state index contributed by atoms with van der Waals surface area (Å²) in [5, 5.41) is 19.2. The van der Waals surface area contributed by atoms with Crippen LogP contribution in [-0.2, 0) is 28.7 Å². The summed E-state index contributed by atoms with van der Waals surface area (Å²) in [5.74, 6) is -1.44. The number of amides is 2. The molecule has 0 aliphatic heterocycles. The van der Waals surface area contributed by atoms with E-state index in [1.807, 2.05) is 19.1 Å². The van der Waals surface area contributed by atoms with Crippen LogP contribution in [0.2, 0.25) is 0 Å². The van der Waals surface area contributed by atoms with Crippen molar-refractivity contribution < 1.29 is 31.9 Å². The first-order valence-electron chi connectivity index (χ1n) is 11.3. The molecule has 2 rings (SSSR count). The summed E-state index contributed by atoms with van der Waals surface area (Å²) >= 11 is 0. The van der Waals surface area contributed by atoms with Gasteiger partial charge < -0.3 is 20.1 Å². The lowest BCUT2D eigenvalue weighted by Crippen LogP contribution is -2.39. The molecule has 2 aromatic rings. The summed E-state index contributed by atoms with van der Waals surface area (Å²) in [6.07, 6.45) is 3.25. The third-order valence-corrected chi connectivity index (χ3v) is 5.42. The Hall–Kier alpha value is -4.07. The highest BCUT2D eigenvalue weighted by Crippen LogP contribution is 2.22. The van der Waals surface area contributed by atoms with Gasteiger partial charge >= 0.3 is 16.1 Å². The van der Waals surface area contributed by atoms with Crippen molar-refractivity contribution in [1.82, 2.24) is 15.6 Å². The molecule has 37 heavy (non-hydrogen) atoms. The van der Waals surface area contributed by atoms with Gasteiger partial charge in [-0.2, -0.15) is 8.42 Å². The van der Waals surface area contributed by atoms with E-state index in [4.69, 9.17) is 0 Å². The number of anilines is 1. The number of rotatable bonds is 14. The molecule has 0 spiro atoms. The van der Waals surface area contributed by atoms with E-state index in [0.717, 1.165) is 17.4 Å². The average Bonchev–Trinajstić information content (AvgIpc) is 2.81. The predicted octanol–water partition coefficient (Wildman–Crippen LogP) is 1.75. The lowest BCUT2D eigenvalue weighted by atomic mass is 10.0. The molecule has 0 aliphatic rings. The highest BCUT2D eigenvalue weighted by molar-refractivity contribution is 7.86. The molecule has 13 nitrogen and oxygen atoms in total. The quantitative estimate of drug-likeness (QED) is 0.139. The molecule has 0 aliphatic carbocycles. The summed E-state index contributed by atoms with van der Waals surface area (Å²) in [6, 6.07) is 7.85. The van der Waals surface area contributed by atoms with Gasteiger partial charge in [-0.25, -0.2) is 4.98 Å². The van der Waals surface area contributed by atoms with E-state index >= 15 is 0 Å². The number of aryl methyl sites for hydroxylation is 1. The monoisotopic (exact) mass is 535 g/mol. The van der Waals surface area contributed by atoms with Gasteiger partial charge in [-0.15, -0.1) is 0 Å². The molecule has 0 saturated heterocycles. The summed E-state index contributed by atoms with van der Waals surface area (Å²) < 4.78 is 26.8. The molecule has 0 bridgehead atoms. The molecule has 2 amide bonds. The van der Waals surface area contributed by atoms with Crippen molar-refractivity contribution in [2.75, 3.05) is 24.7 Å². The first-order valence-corrected chi connectivity index (χ1v) is 13.1. The molecule has 1 aromatic heterocycles. The highest BCUT2D eigenvalue weighted by Gasteiger charge is 2.23. The Morgan fingerprint density at radius 1 is 1.14 bits per heavy atom. The number of hydrogen-bond acceptors (Lipinski definition) is 10. The van der Waals surface area contributed by atoms with E-state index in [2.05, 4.69) is 25.1 Å². The van der Waals surface area contributed by atoms with E-state index in [-0.39, 0.29) is 23.6 Å². The smallest absolute Gasteiger partial charge is 0.324 e. The molecule has 1 unspecified atom stereocenters. The number of unbranched alkanes of at least 4 members (excludes halogenated alkanes) is 1. The van der Waals surface area contributed by atoms with Gasteiger partial charge in [0, 0.05) is 31.3 Å². The van der Waals surface area contributed by atoms with Gasteiger partial charge in [0.15, 0.2) is 0 Å². The molecule has 0 saturated carbocycles. The van der Waals surface area contributed by atoms with Gasteiger partial charge in [-0.05, 0) is 43.0 Å². The van der Waals surface area contributed by atoms with Gasteiger partial charge in [0.05, 0.1) is 30.2 Å². The molecular weight excluding hydrogens is 506 g/mol. The number of non-ortho nitro benzene ring substituents is 1. The Bertz CT molecular complexity index is 1240. The van der Waals surface area contributed by atoms with Crippen LogP contribution < -0.4 is 16.0 Å². The normalized spacial score (nSPS) is 11.7. The standard InChI is InChI=1S/C23H29N5O8S/c1-16-9-11-25-20(12-16)24-10-4-3-8-21(29)26-15-22(30)27-19(14-23(31)36-37(2,34)35)17-6-5-7-18(13-17)28(32)33/h5-7,9,11-13,19H,3-4,8,10,14-15H2,1-2H3,(H,24,25)(H,26,29)(H,27,30).